The minimum atomic E-state index is -4.65. The highest BCUT2D eigenvalue weighted by atomic mass is 19.4. The fourth-order valence-corrected chi connectivity index (χ4v) is 5.27. The van der Waals surface area contributed by atoms with Crippen molar-refractivity contribution >= 4 is 28.3 Å². The van der Waals surface area contributed by atoms with Crippen molar-refractivity contribution in [3.05, 3.63) is 41.1 Å². The Hall–Kier alpha value is -2.61. The van der Waals surface area contributed by atoms with Crippen molar-refractivity contribution in [1.82, 2.24) is 14.4 Å². The zero-order valence-corrected chi connectivity index (χ0v) is 18.8. The summed E-state index contributed by atoms with van der Waals surface area (Å²) in [4.78, 5) is 29.4. The Kier molecular flexibility index (Phi) is 5.69. The van der Waals surface area contributed by atoms with E-state index in [0.29, 0.717) is 30.6 Å². The van der Waals surface area contributed by atoms with Gasteiger partial charge in [-0.3, -0.25) is 19.1 Å². The number of hydrogen-bond acceptors (Lipinski definition) is 3. The molecular formula is C24H28F3N3O2. The lowest BCUT2D eigenvalue weighted by Crippen LogP contribution is -2.47. The van der Waals surface area contributed by atoms with Crippen LogP contribution in [-0.2, 0) is 17.4 Å². The number of halogens is 3. The molecule has 8 heteroatoms. The summed E-state index contributed by atoms with van der Waals surface area (Å²) in [6, 6.07) is 4.81. The first-order chi connectivity index (χ1) is 15.1. The molecule has 32 heavy (non-hydrogen) atoms. The molecule has 0 unspecified atom stereocenters. The molecule has 1 aliphatic carbocycles. The van der Waals surface area contributed by atoms with Gasteiger partial charge >= 0.3 is 6.18 Å². The largest absolute Gasteiger partial charge is 0.432 e. The summed E-state index contributed by atoms with van der Waals surface area (Å²) in [5.41, 5.74) is 1.16. The molecule has 2 aliphatic rings. The average Bonchev–Trinajstić information content (AvgIpc) is 3.10. The fourth-order valence-electron chi connectivity index (χ4n) is 5.27. The third-order valence-corrected chi connectivity index (χ3v) is 6.77. The first-order valence-corrected chi connectivity index (χ1v) is 11.1. The van der Waals surface area contributed by atoms with E-state index < -0.39 is 17.8 Å². The molecule has 4 rings (SSSR count). The van der Waals surface area contributed by atoms with Gasteiger partial charge in [-0.1, -0.05) is 25.1 Å². The van der Waals surface area contributed by atoms with Gasteiger partial charge in [-0.05, 0) is 50.1 Å². The molecule has 1 aromatic heterocycles. The third-order valence-electron chi connectivity index (χ3n) is 6.77. The van der Waals surface area contributed by atoms with Crippen molar-refractivity contribution in [2.45, 2.75) is 45.8 Å². The molecule has 0 saturated heterocycles. The molecule has 2 aromatic rings. The zero-order valence-electron chi connectivity index (χ0n) is 18.8. The Labute approximate surface area is 185 Å². The van der Waals surface area contributed by atoms with E-state index in [1.54, 1.807) is 24.0 Å². The number of benzene rings is 1. The second kappa shape index (κ2) is 8.06. The van der Waals surface area contributed by atoms with Crippen molar-refractivity contribution in [2.75, 3.05) is 26.7 Å². The van der Waals surface area contributed by atoms with Crippen LogP contribution in [0.4, 0.5) is 13.2 Å². The Balaban J connectivity index is 1.96. The van der Waals surface area contributed by atoms with Gasteiger partial charge in [0.2, 0.25) is 11.8 Å². The highest BCUT2D eigenvalue weighted by molar-refractivity contribution is 6.04. The summed E-state index contributed by atoms with van der Waals surface area (Å²) in [7, 11) is 1.85. The number of hydrogen-bond donors (Lipinski definition) is 0. The third kappa shape index (κ3) is 3.36. The van der Waals surface area contributed by atoms with E-state index in [9.17, 15) is 22.8 Å². The van der Waals surface area contributed by atoms with Crippen LogP contribution in [0.1, 0.15) is 48.8 Å². The van der Waals surface area contributed by atoms with Crippen LogP contribution < -0.4 is 0 Å². The summed E-state index contributed by atoms with van der Waals surface area (Å²) in [6.07, 6.45) is -2.58. The van der Waals surface area contributed by atoms with Crippen LogP contribution >= 0.6 is 0 Å². The van der Waals surface area contributed by atoms with Crippen LogP contribution in [0, 0.1) is 5.92 Å². The van der Waals surface area contributed by atoms with Crippen molar-refractivity contribution in [3.63, 3.8) is 0 Å². The molecule has 0 N–H and O–H groups in total. The van der Waals surface area contributed by atoms with Gasteiger partial charge in [0.1, 0.15) is 5.69 Å². The SMILES string of the molecule is CCC(=O)n1c(C(F)(F)F)c2c3c(cccc31)C1=C[C@@H](C(=O)N(CC)CC)CN(C)[C@@H]1C2. The van der Waals surface area contributed by atoms with Crippen LogP contribution in [-0.4, -0.2) is 58.9 Å². The number of likely N-dealkylation sites (N-methyl/N-ethyl adjacent to an activating group) is 1. The average molecular weight is 448 g/mol. The van der Waals surface area contributed by atoms with Gasteiger partial charge in [0.25, 0.3) is 0 Å². The minimum Gasteiger partial charge on any atom is -0.343 e. The van der Waals surface area contributed by atoms with Crippen molar-refractivity contribution in [3.8, 4) is 0 Å². The lowest BCUT2D eigenvalue weighted by Gasteiger charge is -2.40. The first kappa shape index (κ1) is 22.6. The van der Waals surface area contributed by atoms with E-state index in [4.69, 9.17) is 0 Å². The number of carbonyl (C=O) groups is 2. The monoisotopic (exact) mass is 447 g/mol. The highest BCUT2D eigenvalue weighted by Gasteiger charge is 2.45. The Morgan fingerprint density at radius 1 is 1.16 bits per heavy atom. The highest BCUT2D eigenvalue weighted by Crippen LogP contribution is 2.47. The molecule has 2 atom stereocenters. The molecule has 0 spiro atoms. The van der Waals surface area contributed by atoms with E-state index >= 15 is 0 Å². The summed E-state index contributed by atoms with van der Waals surface area (Å²) in [5, 5.41) is 0.480. The second-order valence-corrected chi connectivity index (χ2v) is 8.51. The molecular weight excluding hydrogens is 419 g/mol. The van der Waals surface area contributed by atoms with Gasteiger partial charge in [-0.25, -0.2) is 0 Å². The lowest BCUT2D eigenvalue weighted by atomic mass is 9.79. The molecule has 0 radical (unpaired) electrons. The van der Waals surface area contributed by atoms with Crippen LogP contribution in [0.2, 0.25) is 0 Å². The molecule has 0 bridgehead atoms. The maximum Gasteiger partial charge on any atom is 0.432 e. The molecule has 0 saturated carbocycles. The van der Waals surface area contributed by atoms with E-state index in [0.717, 1.165) is 10.1 Å². The normalized spacial score (nSPS) is 20.8. The molecule has 1 amide bonds. The van der Waals surface area contributed by atoms with Crippen molar-refractivity contribution in [2.24, 2.45) is 5.92 Å². The van der Waals surface area contributed by atoms with Crippen LogP contribution in [0.3, 0.4) is 0 Å². The number of amides is 1. The van der Waals surface area contributed by atoms with E-state index in [-0.39, 0.29) is 41.8 Å². The number of carbonyl (C=O) groups excluding carboxylic acids is 2. The second-order valence-electron chi connectivity index (χ2n) is 8.51. The molecule has 172 valence electrons. The minimum absolute atomic E-state index is 0.0248. The predicted octanol–water partition coefficient (Wildman–Crippen LogP) is 4.45. The molecule has 1 aliphatic heterocycles. The first-order valence-electron chi connectivity index (χ1n) is 11.1. The van der Waals surface area contributed by atoms with Gasteiger partial charge in [-0.2, -0.15) is 13.2 Å². The van der Waals surface area contributed by atoms with Crippen LogP contribution in [0.15, 0.2) is 24.3 Å². The van der Waals surface area contributed by atoms with E-state index in [2.05, 4.69) is 0 Å². The van der Waals surface area contributed by atoms with Gasteiger partial charge in [0.15, 0.2) is 0 Å². The van der Waals surface area contributed by atoms with Crippen LogP contribution in [0.25, 0.3) is 16.5 Å². The Bertz CT molecular complexity index is 1110. The topological polar surface area (TPSA) is 45.6 Å². The number of nitrogens with zero attached hydrogens (tertiary/aromatic N) is 3. The Morgan fingerprint density at radius 2 is 1.84 bits per heavy atom. The van der Waals surface area contributed by atoms with E-state index in [1.807, 2.05) is 37.9 Å². The molecule has 2 heterocycles. The number of fused-ring (bicyclic) bond motifs is 2. The van der Waals surface area contributed by atoms with Crippen molar-refractivity contribution in [1.29, 1.82) is 0 Å². The summed E-state index contributed by atoms with van der Waals surface area (Å²) in [5.74, 6) is -0.905. The number of rotatable bonds is 4. The van der Waals surface area contributed by atoms with Gasteiger partial charge in [0, 0.05) is 37.5 Å². The van der Waals surface area contributed by atoms with Gasteiger partial charge < -0.3 is 4.90 Å². The Morgan fingerprint density at radius 3 is 2.44 bits per heavy atom. The predicted molar refractivity (Wildman–Crippen MR) is 117 cm³/mol. The standard InChI is InChI=1S/C24H28F3N3O2/c1-5-20(31)30-18-10-8-9-15-16-11-14(23(32)29(6-2)7-3)13-28(4)19(16)12-17(21(15)18)22(30)24(25,26)27/h8-11,14,19H,5-7,12-13H2,1-4H3/t14-,19-/m1/s1. The maximum absolute atomic E-state index is 14.2. The van der Waals surface area contributed by atoms with E-state index in [1.165, 1.54) is 0 Å². The summed E-state index contributed by atoms with van der Waals surface area (Å²) >= 11 is 0. The smallest absolute Gasteiger partial charge is 0.343 e. The van der Waals surface area contributed by atoms with Crippen LogP contribution in [0.5, 0.6) is 0 Å². The quantitative estimate of drug-likeness (QED) is 0.696. The van der Waals surface area contributed by atoms with Gasteiger partial charge in [-0.15, -0.1) is 0 Å². The summed E-state index contributed by atoms with van der Waals surface area (Å²) in [6.45, 7) is 7.10. The number of aromatic nitrogens is 1. The maximum atomic E-state index is 14.2. The number of alkyl halides is 3. The zero-order chi connectivity index (χ0) is 23.4. The molecule has 1 aromatic carbocycles. The fraction of sp³-hybridized carbons (Fsp3) is 0.500. The van der Waals surface area contributed by atoms with Gasteiger partial charge in [0.05, 0.1) is 11.4 Å². The van der Waals surface area contributed by atoms with Crippen molar-refractivity contribution < 1.29 is 22.8 Å². The lowest BCUT2D eigenvalue weighted by molar-refractivity contribution is -0.143. The molecule has 0 fully saturated rings. The summed E-state index contributed by atoms with van der Waals surface area (Å²) < 4.78 is 43.4. The molecule has 5 nitrogen and oxygen atoms in total.